The number of methoxy groups -OCH3 is 1. The van der Waals surface area contributed by atoms with E-state index in [-0.39, 0.29) is 23.3 Å². The Labute approximate surface area is 211 Å². The molecule has 1 aliphatic rings. The van der Waals surface area contributed by atoms with Gasteiger partial charge in [-0.3, -0.25) is 24.0 Å². The lowest BCUT2D eigenvalue weighted by Gasteiger charge is -2.43. The van der Waals surface area contributed by atoms with Crippen LogP contribution < -0.4 is 9.47 Å². The molecule has 1 heterocycles. The SMILES string of the molecule is COc1cc(O[C@@H]2O[C@H](COC(C)=O)[C@@H](OC(C)=O)[C@H](OC(C)=O)[C@H]2OC(C)=O)ccc1/C=C(\F)C=O. The number of rotatable bonds is 10. The van der Waals surface area contributed by atoms with Crippen molar-refractivity contribution in [2.75, 3.05) is 13.7 Å². The van der Waals surface area contributed by atoms with Gasteiger partial charge < -0.3 is 33.2 Å². The molecule has 13 heteroatoms. The van der Waals surface area contributed by atoms with Crippen molar-refractivity contribution >= 4 is 36.2 Å². The zero-order valence-electron chi connectivity index (χ0n) is 20.8. The van der Waals surface area contributed by atoms with Crippen molar-refractivity contribution in [3.05, 3.63) is 29.6 Å². The lowest BCUT2D eigenvalue weighted by Crippen LogP contribution is -2.63. The summed E-state index contributed by atoms with van der Waals surface area (Å²) >= 11 is 0. The van der Waals surface area contributed by atoms with Crippen LogP contribution in [0.15, 0.2) is 24.0 Å². The van der Waals surface area contributed by atoms with E-state index in [1.54, 1.807) is 0 Å². The number of carbonyl (C=O) groups is 5. The third kappa shape index (κ3) is 8.56. The highest BCUT2D eigenvalue weighted by Crippen LogP contribution is 2.33. The highest BCUT2D eigenvalue weighted by atomic mass is 19.1. The summed E-state index contributed by atoms with van der Waals surface area (Å²) in [4.78, 5) is 57.6. The molecule has 5 atom stereocenters. The number of ether oxygens (including phenoxy) is 7. The third-order valence-corrected chi connectivity index (χ3v) is 4.81. The molecule has 1 fully saturated rings. The molecule has 2 rings (SSSR count). The monoisotopic (exact) mass is 526 g/mol. The second kappa shape index (κ2) is 13.3. The smallest absolute Gasteiger partial charge is 0.303 e. The van der Waals surface area contributed by atoms with Gasteiger partial charge in [0.15, 0.2) is 24.3 Å². The number of carbonyl (C=O) groups excluding carboxylic acids is 5. The molecule has 1 aromatic carbocycles. The van der Waals surface area contributed by atoms with Crippen LogP contribution in [0.2, 0.25) is 0 Å². The highest BCUT2D eigenvalue weighted by Gasteiger charge is 2.53. The zero-order valence-corrected chi connectivity index (χ0v) is 20.8. The summed E-state index contributed by atoms with van der Waals surface area (Å²) in [7, 11) is 1.31. The number of aldehydes is 1. The van der Waals surface area contributed by atoms with Crippen molar-refractivity contribution in [1.29, 1.82) is 0 Å². The first-order valence-corrected chi connectivity index (χ1v) is 10.9. The third-order valence-electron chi connectivity index (χ3n) is 4.81. The van der Waals surface area contributed by atoms with E-state index in [4.69, 9.17) is 33.2 Å². The van der Waals surface area contributed by atoms with Gasteiger partial charge in [-0.25, -0.2) is 4.39 Å². The van der Waals surface area contributed by atoms with E-state index in [1.165, 1.54) is 25.3 Å². The van der Waals surface area contributed by atoms with Gasteiger partial charge in [-0.15, -0.1) is 0 Å². The Balaban J connectivity index is 2.50. The lowest BCUT2D eigenvalue weighted by atomic mass is 9.98. The fourth-order valence-corrected chi connectivity index (χ4v) is 3.48. The molecule has 0 aromatic heterocycles. The highest BCUT2D eigenvalue weighted by molar-refractivity contribution is 5.80. The van der Waals surface area contributed by atoms with Gasteiger partial charge >= 0.3 is 23.9 Å². The summed E-state index contributed by atoms with van der Waals surface area (Å²) in [6.45, 7) is 4.03. The van der Waals surface area contributed by atoms with Crippen molar-refractivity contribution in [3.8, 4) is 11.5 Å². The zero-order chi connectivity index (χ0) is 27.7. The fourth-order valence-electron chi connectivity index (χ4n) is 3.48. The van der Waals surface area contributed by atoms with Gasteiger partial charge in [0.2, 0.25) is 12.4 Å². The van der Waals surface area contributed by atoms with Crippen LogP contribution in [0.3, 0.4) is 0 Å². The Morgan fingerprint density at radius 3 is 2.05 bits per heavy atom. The van der Waals surface area contributed by atoms with Crippen molar-refractivity contribution < 1.29 is 61.5 Å². The number of allylic oxidation sites excluding steroid dienone is 1. The molecule has 202 valence electrons. The number of hydrogen-bond acceptors (Lipinski definition) is 12. The largest absolute Gasteiger partial charge is 0.496 e. The predicted molar refractivity (Wildman–Crippen MR) is 121 cm³/mol. The van der Waals surface area contributed by atoms with Crippen molar-refractivity contribution in [3.63, 3.8) is 0 Å². The van der Waals surface area contributed by atoms with Crippen LogP contribution >= 0.6 is 0 Å². The van der Waals surface area contributed by atoms with Crippen LogP contribution in [0.5, 0.6) is 11.5 Å². The van der Waals surface area contributed by atoms with E-state index in [2.05, 4.69) is 0 Å². The molecular formula is C24H27FO12. The maximum absolute atomic E-state index is 13.5. The summed E-state index contributed by atoms with van der Waals surface area (Å²) < 4.78 is 51.4. The summed E-state index contributed by atoms with van der Waals surface area (Å²) in [5.41, 5.74) is 0.223. The van der Waals surface area contributed by atoms with E-state index < -0.39 is 67.0 Å². The van der Waals surface area contributed by atoms with E-state index in [0.717, 1.165) is 33.8 Å². The topological polar surface area (TPSA) is 150 Å². The first kappa shape index (κ1) is 29.2. The fraction of sp³-hybridized carbons (Fsp3) is 0.458. The molecule has 0 bridgehead atoms. The molecule has 0 radical (unpaired) electrons. The Bertz CT molecular complexity index is 1050. The van der Waals surface area contributed by atoms with Gasteiger partial charge in [-0.05, 0) is 18.2 Å². The maximum atomic E-state index is 13.5. The minimum atomic E-state index is -1.46. The minimum Gasteiger partial charge on any atom is -0.496 e. The Hall–Kier alpha value is -4.00. The molecule has 0 N–H and O–H groups in total. The van der Waals surface area contributed by atoms with Crippen molar-refractivity contribution in [2.24, 2.45) is 0 Å². The van der Waals surface area contributed by atoms with Crippen LogP contribution in [-0.2, 0) is 47.7 Å². The molecule has 0 aliphatic carbocycles. The van der Waals surface area contributed by atoms with Crippen LogP contribution in [0.1, 0.15) is 33.3 Å². The Morgan fingerprint density at radius 1 is 0.919 bits per heavy atom. The van der Waals surface area contributed by atoms with E-state index in [0.29, 0.717) is 0 Å². The molecule has 0 spiro atoms. The number of benzene rings is 1. The van der Waals surface area contributed by atoms with E-state index in [1.807, 2.05) is 0 Å². The normalized spacial score (nSPS) is 23.3. The van der Waals surface area contributed by atoms with Gasteiger partial charge in [-0.1, -0.05) is 0 Å². The van der Waals surface area contributed by atoms with Gasteiger partial charge in [-0.2, -0.15) is 0 Å². The predicted octanol–water partition coefficient (Wildman–Crippen LogP) is 1.67. The molecule has 0 amide bonds. The van der Waals surface area contributed by atoms with Gasteiger partial charge in [0, 0.05) is 39.3 Å². The van der Waals surface area contributed by atoms with Crippen LogP contribution in [0, 0.1) is 0 Å². The molecular weight excluding hydrogens is 499 g/mol. The first-order chi connectivity index (χ1) is 17.4. The molecule has 1 aromatic rings. The maximum Gasteiger partial charge on any atom is 0.303 e. The van der Waals surface area contributed by atoms with E-state index >= 15 is 0 Å². The Morgan fingerprint density at radius 2 is 1.51 bits per heavy atom. The molecule has 0 saturated carbocycles. The summed E-state index contributed by atoms with van der Waals surface area (Å²) in [6, 6.07) is 4.13. The van der Waals surface area contributed by atoms with Crippen LogP contribution in [-0.4, -0.2) is 74.6 Å². The summed E-state index contributed by atoms with van der Waals surface area (Å²) in [5, 5.41) is 0. The van der Waals surface area contributed by atoms with Crippen LogP contribution in [0.25, 0.3) is 6.08 Å². The van der Waals surface area contributed by atoms with Crippen molar-refractivity contribution in [2.45, 2.75) is 58.4 Å². The summed E-state index contributed by atoms with van der Waals surface area (Å²) in [5.74, 6) is -3.84. The summed E-state index contributed by atoms with van der Waals surface area (Å²) in [6.07, 6.45) is -5.85. The molecule has 1 aliphatic heterocycles. The van der Waals surface area contributed by atoms with Gasteiger partial charge in [0.05, 0.1) is 7.11 Å². The number of esters is 4. The standard InChI is InChI=1S/C24H27FO12/c1-12(27)32-11-20-21(33-13(2)28)22(34-14(3)29)23(35-15(4)30)24(37-20)36-18-7-6-16(8-17(25)10-26)19(9-18)31-5/h6-10,20-24H,11H2,1-5H3/b17-8-/t20-,21-,22+,23-,24-/m1/s1. The number of halogens is 1. The van der Waals surface area contributed by atoms with Crippen molar-refractivity contribution in [1.82, 2.24) is 0 Å². The van der Waals surface area contributed by atoms with Crippen LogP contribution in [0.4, 0.5) is 4.39 Å². The molecule has 12 nitrogen and oxygen atoms in total. The second-order valence-electron chi connectivity index (χ2n) is 7.74. The van der Waals surface area contributed by atoms with Gasteiger partial charge in [0.1, 0.15) is 24.2 Å². The van der Waals surface area contributed by atoms with Gasteiger partial charge in [0.25, 0.3) is 0 Å². The minimum absolute atomic E-state index is 0.0291. The van der Waals surface area contributed by atoms with E-state index in [9.17, 15) is 28.4 Å². The molecule has 37 heavy (non-hydrogen) atoms. The first-order valence-electron chi connectivity index (χ1n) is 10.9. The molecule has 0 unspecified atom stereocenters. The quantitative estimate of drug-likeness (QED) is 0.189. The number of hydrogen-bond donors (Lipinski definition) is 0. The Kier molecular flexibility index (Phi) is 10.5. The second-order valence-corrected chi connectivity index (χ2v) is 7.74. The molecule has 1 saturated heterocycles. The average Bonchev–Trinajstić information content (AvgIpc) is 2.81. The average molecular weight is 526 g/mol. The lowest BCUT2D eigenvalue weighted by molar-refractivity contribution is -0.288.